The van der Waals surface area contributed by atoms with Gasteiger partial charge in [0.15, 0.2) is 0 Å². The predicted octanol–water partition coefficient (Wildman–Crippen LogP) is 2.96. The van der Waals surface area contributed by atoms with E-state index >= 15 is 0 Å². The highest BCUT2D eigenvalue weighted by Gasteiger charge is 2.54. The molecule has 4 heteroatoms. The molecule has 2 atom stereocenters. The molecule has 0 radical (unpaired) electrons. The third-order valence-electron chi connectivity index (χ3n) is 4.99. The first kappa shape index (κ1) is 14.9. The van der Waals surface area contributed by atoms with Gasteiger partial charge < -0.3 is 10.6 Å². The average molecular weight is 307 g/mol. The van der Waals surface area contributed by atoms with Crippen molar-refractivity contribution in [1.29, 1.82) is 0 Å². The van der Waals surface area contributed by atoms with Crippen LogP contribution in [0.2, 0.25) is 5.02 Å². The quantitative estimate of drug-likeness (QED) is 0.929. The maximum absolute atomic E-state index is 12.9. The number of nitrogens with two attached hydrogens (primary N) is 1. The van der Waals surface area contributed by atoms with Crippen LogP contribution in [0.3, 0.4) is 0 Å². The largest absolute Gasteiger partial charge is 0.340 e. The van der Waals surface area contributed by atoms with Crippen LogP contribution >= 0.6 is 11.6 Å². The Balaban J connectivity index is 1.75. The van der Waals surface area contributed by atoms with Gasteiger partial charge in [-0.2, -0.15) is 0 Å². The number of halogens is 1. The van der Waals surface area contributed by atoms with Gasteiger partial charge in [-0.15, -0.1) is 0 Å². The molecule has 1 aromatic carbocycles. The van der Waals surface area contributed by atoms with Crippen LogP contribution < -0.4 is 5.73 Å². The van der Waals surface area contributed by atoms with Gasteiger partial charge in [-0.1, -0.05) is 37.1 Å². The molecule has 1 amide bonds. The number of hydrogen-bond acceptors (Lipinski definition) is 2. The minimum Gasteiger partial charge on any atom is -0.340 e. The molecular weight excluding hydrogens is 284 g/mol. The summed E-state index contributed by atoms with van der Waals surface area (Å²) in [5, 5.41) is 0.716. The second-order valence-corrected chi connectivity index (χ2v) is 6.95. The van der Waals surface area contributed by atoms with E-state index in [4.69, 9.17) is 17.3 Å². The Hall–Kier alpha value is -1.06. The van der Waals surface area contributed by atoms with Crippen LogP contribution in [0.5, 0.6) is 0 Å². The highest BCUT2D eigenvalue weighted by molar-refractivity contribution is 6.30. The molecule has 1 saturated carbocycles. The summed E-state index contributed by atoms with van der Waals surface area (Å²) in [6.45, 7) is 3.70. The smallest absolute Gasteiger partial charge is 0.233 e. The Morgan fingerprint density at radius 3 is 2.57 bits per heavy atom. The van der Waals surface area contributed by atoms with Crippen molar-refractivity contribution in [2.75, 3.05) is 13.1 Å². The summed E-state index contributed by atoms with van der Waals surface area (Å²) in [7, 11) is 0. The van der Waals surface area contributed by atoms with Crippen LogP contribution in [0, 0.1) is 5.92 Å². The number of benzene rings is 1. The number of carbonyl (C=O) groups is 1. The Labute approximate surface area is 131 Å². The van der Waals surface area contributed by atoms with E-state index < -0.39 is 0 Å². The van der Waals surface area contributed by atoms with Crippen molar-refractivity contribution in [2.24, 2.45) is 11.7 Å². The Morgan fingerprint density at radius 2 is 2.00 bits per heavy atom. The van der Waals surface area contributed by atoms with E-state index in [0.717, 1.165) is 37.8 Å². The van der Waals surface area contributed by atoms with Gasteiger partial charge in [0, 0.05) is 24.2 Å². The first-order valence-corrected chi connectivity index (χ1v) is 8.25. The zero-order valence-electron chi connectivity index (χ0n) is 12.5. The number of nitrogens with zero attached hydrogens (tertiary/aromatic N) is 1. The summed E-state index contributed by atoms with van der Waals surface area (Å²) in [5.74, 6) is 0.721. The van der Waals surface area contributed by atoms with Gasteiger partial charge in [0.2, 0.25) is 5.91 Å². The Kier molecular flexibility index (Phi) is 3.98. The van der Waals surface area contributed by atoms with Crippen molar-refractivity contribution in [2.45, 2.75) is 44.1 Å². The lowest BCUT2D eigenvalue weighted by Crippen LogP contribution is -2.39. The lowest BCUT2D eigenvalue weighted by molar-refractivity contribution is -0.133. The number of hydrogen-bond donors (Lipinski definition) is 1. The summed E-state index contributed by atoms with van der Waals surface area (Å²) in [4.78, 5) is 14.9. The van der Waals surface area contributed by atoms with Crippen LogP contribution in [0.4, 0.5) is 0 Å². The highest BCUT2D eigenvalue weighted by Crippen LogP contribution is 2.50. The summed E-state index contributed by atoms with van der Waals surface area (Å²) in [6, 6.07) is 7.87. The molecule has 0 aromatic heterocycles. The molecule has 1 saturated heterocycles. The van der Waals surface area contributed by atoms with E-state index in [1.165, 1.54) is 0 Å². The zero-order chi connectivity index (χ0) is 15.0. The van der Waals surface area contributed by atoms with Crippen LogP contribution in [0.1, 0.15) is 38.2 Å². The third-order valence-corrected chi connectivity index (χ3v) is 5.25. The molecule has 0 bridgehead atoms. The minimum atomic E-state index is -0.300. The molecule has 1 heterocycles. The second-order valence-electron chi connectivity index (χ2n) is 6.51. The number of rotatable bonds is 4. The van der Waals surface area contributed by atoms with Crippen molar-refractivity contribution in [3.8, 4) is 0 Å². The average Bonchev–Trinajstić information content (AvgIpc) is 3.20. The first-order chi connectivity index (χ1) is 10.1. The van der Waals surface area contributed by atoms with Gasteiger partial charge in [-0.3, -0.25) is 4.79 Å². The van der Waals surface area contributed by atoms with Crippen molar-refractivity contribution in [3.05, 3.63) is 34.9 Å². The van der Waals surface area contributed by atoms with E-state index in [1.54, 1.807) is 0 Å². The molecule has 1 aromatic rings. The molecule has 0 spiro atoms. The standard InChI is InChI=1S/C17H23ClN2O/c1-2-3-12-10-20(11-15(12)19)16(21)17(8-9-17)13-4-6-14(18)7-5-13/h4-7,12,15H,2-3,8-11,19H2,1H3/t12-,15-/m1/s1. The number of likely N-dealkylation sites (tertiary alicyclic amines) is 1. The van der Waals surface area contributed by atoms with E-state index in [2.05, 4.69) is 6.92 Å². The van der Waals surface area contributed by atoms with E-state index in [0.29, 0.717) is 17.5 Å². The van der Waals surface area contributed by atoms with Gasteiger partial charge in [0.25, 0.3) is 0 Å². The fourth-order valence-corrected chi connectivity index (χ4v) is 3.69. The van der Waals surface area contributed by atoms with Crippen LogP contribution in [-0.4, -0.2) is 29.9 Å². The van der Waals surface area contributed by atoms with E-state index in [9.17, 15) is 4.79 Å². The molecule has 0 unspecified atom stereocenters. The number of amides is 1. The molecule has 3 nitrogen and oxygen atoms in total. The Morgan fingerprint density at radius 1 is 1.33 bits per heavy atom. The SMILES string of the molecule is CCC[C@@H]1CN(C(=O)C2(c3ccc(Cl)cc3)CC2)C[C@H]1N. The van der Waals surface area contributed by atoms with Crippen molar-refractivity contribution in [3.63, 3.8) is 0 Å². The van der Waals surface area contributed by atoms with Crippen LogP contribution in [0.25, 0.3) is 0 Å². The van der Waals surface area contributed by atoms with Gasteiger partial charge in [-0.25, -0.2) is 0 Å². The fraction of sp³-hybridized carbons (Fsp3) is 0.588. The molecule has 1 aliphatic carbocycles. The van der Waals surface area contributed by atoms with Crippen molar-refractivity contribution in [1.82, 2.24) is 4.90 Å². The lowest BCUT2D eigenvalue weighted by Gasteiger charge is -2.23. The van der Waals surface area contributed by atoms with Gasteiger partial charge in [0.05, 0.1) is 5.41 Å². The van der Waals surface area contributed by atoms with E-state index in [1.807, 2.05) is 29.2 Å². The summed E-state index contributed by atoms with van der Waals surface area (Å²) in [6.07, 6.45) is 4.12. The summed E-state index contributed by atoms with van der Waals surface area (Å²) in [5.41, 5.74) is 7.01. The van der Waals surface area contributed by atoms with Crippen molar-refractivity contribution < 1.29 is 4.79 Å². The fourth-order valence-electron chi connectivity index (χ4n) is 3.56. The molecule has 1 aliphatic heterocycles. The summed E-state index contributed by atoms with van der Waals surface area (Å²) >= 11 is 5.95. The molecule has 114 valence electrons. The second kappa shape index (κ2) is 5.62. The highest BCUT2D eigenvalue weighted by atomic mass is 35.5. The lowest BCUT2D eigenvalue weighted by atomic mass is 9.94. The molecule has 3 rings (SSSR count). The topological polar surface area (TPSA) is 46.3 Å². The normalized spacial score (nSPS) is 26.9. The van der Waals surface area contributed by atoms with E-state index in [-0.39, 0.29) is 17.4 Å². The molecule has 2 aliphatic rings. The molecule has 21 heavy (non-hydrogen) atoms. The monoisotopic (exact) mass is 306 g/mol. The predicted molar refractivity (Wildman–Crippen MR) is 85.3 cm³/mol. The van der Waals surface area contributed by atoms with Crippen molar-refractivity contribution >= 4 is 17.5 Å². The molecule has 2 fully saturated rings. The zero-order valence-corrected chi connectivity index (χ0v) is 13.3. The Bertz CT molecular complexity index is 524. The molecule has 2 N–H and O–H groups in total. The maximum atomic E-state index is 12.9. The first-order valence-electron chi connectivity index (χ1n) is 7.88. The van der Waals surface area contributed by atoms with Crippen LogP contribution in [-0.2, 0) is 10.2 Å². The third kappa shape index (κ3) is 2.69. The van der Waals surface area contributed by atoms with Crippen LogP contribution in [0.15, 0.2) is 24.3 Å². The van der Waals surface area contributed by atoms with Gasteiger partial charge >= 0.3 is 0 Å². The summed E-state index contributed by atoms with van der Waals surface area (Å²) < 4.78 is 0. The molecular formula is C17H23ClN2O. The minimum absolute atomic E-state index is 0.134. The maximum Gasteiger partial charge on any atom is 0.233 e. The van der Waals surface area contributed by atoms with Gasteiger partial charge in [0.1, 0.15) is 0 Å². The van der Waals surface area contributed by atoms with Gasteiger partial charge in [-0.05, 0) is 42.9 Å². The number of carbonyl (C=O) groups excluding carboxylic acids is 1.